The van der Waals surface area contributed by atoms with Crippen molar-refractivity contribution in [2.24, 2.45) is 5.73 Å². The van der Waals surface area contributed by atoms with E-state index in [0.29, 0.717) is 16.3 Å². The molecule has 2 amide bonds. The third kappa shape index (κ3) is 3.92. The fraction of sp³-hybridized carbons (Fsp3) is 0.333. The molecule has 18 heavy (non-hydrogen) atoms. The zero-order valence-corrected chi connectivity index (χ0v) is 11.0. The van der Waals surface area contributed by atoms with Crippen LogP contribution in [0.5, 0.6) is 0 Å². The number of amides is 2. The lowest BCUT2D eigenvalue weighted by Crippen LogP contribution is -2.36. The summed E-state index contributed by atoms with van der Waals surface area (Å²) in [6.07, 6.45) is 0.0984. The Balaban J connectivity index is 2.83. The zero-order chi connectivity index (χ0) is 13.7. The Morgan fingerprint density at radius 1 is 1.44 bits per heavy atom. The summed E-state index contributed by atoms with van der Waals surface area (Å²) in [5.74, 6) is -0.752. The Labute approximate surface area is 111 Å². The monoisotopic (exact) mass is 269 g/mol. The van der Waals surface area contributed by atoms with Gasteiger partial charge >= 0.3 is 0 Å². The van der Waals surface area contributed by atoms with Crippen molar-refractivity contribution in [2.75, 3.05) is 12.4 Å². The summed E-state index contributed by atoms with van der Waals surface area (Å²) in [6, 6.07) is 4.66. The van der Waals surface area contributed by atoms with Gasteiger partial charge in [-0.2, -0.15) is 0 Å². The van der Waals surface area contributed by atoms with Crippen LogP contribution in [0.3, 0.4) is 0 Å². The number of carbonyl (C=O) groups is 2. The molecule has 1 aromatic rings. The van der Waals surface area contributed by atoms with E-state index >= 15 is 0 Å². The van der Waals surface area contributed by atoms with Crippen LogP contribution in [0.4, 0.5) is 5.69 Å². The van der Waals surface area contributed by atoms with Crippen LogP contribution in [0.15, 0.2) is 18.2 Å². The van der Waals surface area contributed by atoms with Crippen molar-refractivity contribution >= 4 is 29.1 Å². The van der Waals surface area contributed by atoms with Gasteiger partial charge in [-0.3, -0.25) is 9.59 Å². The maximum absolute atomic E-state index is 12.0. The maximum atomic E-state index is 12.0. The van der Waals surface area contributed by atoms with E-state index in [4.69, 9.17) is 17.3 Å². The van der Waals surface area contributed by atoms with Gasteiger partial charge in [0.1, 0.15) is 0 Å². The van der Waals surface area contributed by atoms with Crippen molar-refractivity contribution in [1.82, 2.24) is 5.32 Å². The van der Waals surface area contributed by atoms with Gasteiger partial charge in [0.05, 0.1) is 5.56 Å². The van der Waals surface area contributed by atoms with Gasteiger partial charge in [-0.1, -0.05) is 11.6 Å². The van der Waals surface area contributed by atoms with Crippen LogP contribution in [0.2, 0.25) is 5.02 Å². The highest BCUT2D eigenvalue weighted by atomic mass is 35.5. The SMILES string of the molecule is CNc1ccc(Cl)cc1C(=O)NC(C)CC(N)=O. The van der Waals surface area contributed by atoms with E-state index < -0.39 is 5.91 Å². The molecular weight excluding hydrogens is 254 g/mol. The topological polar surface area (TPSA) is 84.2 Å². The molecule has 0 aromatic heterocycles. The van der Waals surface area contributed by atoms with Crippen LogP contribution < -0.4 is 16.4 Å². The molecule has 0 aliphatic heterocycles. The number of halogens is 1. The third-order valence-corrected chi connectivity index (χ3v) is 2.62. The number of primary amides is 1. The van der Waals surface area contributed by atoms with E-state index in [9.17, 15) is 9.59 Å². The number of hydrogen-bond acceptors (Lipinski definition) is 3. The molecule has 0 aliphatic carbocycles. The minimum atomic E-state index is -0.456. The molecule has 0 aliphatic rings. The highest BCUT2D eigenvalue weighted by molar-refractivity contribution is 6.31. The van der Waals surface area contributed by atoms with Crippen LogP contribution >= 0.6 is 11.6 Å². The fourth-order valence-corrected chi connectivity index (χ4v) is 1.75. The molecule has 0 heterocycles. The average Bonchev–Trinajstić information content (AvgIpc) is 2.27. The van der Waals surface area contributed by atoms with Gasteiger partial charge in [0.25, 0.3) is 5.91 Å². The minimum absolute atomic E-state index is 0.0984. The molecule has 0 radical (unpaired) electrons. The number of nitrogens with two attached hydrogens (primary N) is 1. The van der Waals surface area contributed by atoms with Crippen molar-refractivity contribution in [3.63, 3.8) is 0 Å². The summed E-state index contributed by atoms with van der Waals surface area (Å²) in [6.45, 7) is 1.71. The van der Waals surface area contributed by atoms with E-state index in [0.717, 1.165) is 0 Å². The number of nitrogens with one attached hydrogen (secondary N) is 2. The summed E-state index contributed by atoms with van der Waals surface area (Å²) in [5, 5.41) is 6.07. The number of benzene rings is 1. The summed E-state index contributed by atoms with van der Waals surface area (Å²) in [7, 11) is 1.72. The van der Waals surface area contributed by atoms with Crippen molar-refractivity contribution in [1.29, 1.82) is 0 Å². The predicted octanol–water partition coefficient (Wildman–Crippen LogP) is 1.38. The molecule has 98 valence electrons. The first-order chi connectivity index (χ1) is 8.43. The van der Waals surface area contributed by atoms with Gasteiger partial charge in [0.2, 0.25) is 5.91 Å². The molecular formula is C12H16ClN3O2. The van der Waals surface area contributed by atoms with Gasteiger partial charge in [-0.25, -0.2) is 0 Å². The molecule has 1 aromatic carbocycles. The minimum Gasteiger partial charge on any atom is -0.387 e. The van der Waals surface area contributed by atoms with E-state index in [2.05, 4.69) is 10.6 Å². The van der Waals surface area contributed by atoms with Gasteiger partial charge in [0, 0.05) is 30.2 Å². The first kappa shape index (κ1) is 14.3. The normalized spacial score (nSPS) is 11.7. The Kier molecular flexibility index (Phi) is 4.97. The van der Waals surface area contributed by atoms with E-state index in [1.165, 1.54) is 0 Å². The summed E-state index contributed by atoms with van der Waals surface area (Å²) in [5.41, 5.74) is 6.17. The van der Waals surface area contributed by atoms with Crippen molar-refractivity contribution in [3.8, 4) is 0 Å². The molecule has 0 saturated carbocycles. The van der Waals surface area contributed by atoms with Crippen molar-refractivity contribution < 1.29 is 9.59 Å². The second-order valence-corrected chi connectivity index (χ2v) is 4.42. The lowest BCUT2D eigenvalue weighted by molar-refractivity contribution is -0.118. The molecule has 0 spiro atoms. The van der Waals surface area contributed by atoms with Crippen molar-refractivity contribution in [2.45, 2.75) is 19.4 Å². The Hall–Kier alpha value is -1.75. The van der Waals surface area contributed by atoms with Crippen LogP contribution in [0, 0.1) is 0 Å². The molecule has 4 N–H and O–H groups in total. The lowest BCUT2D eigenvalue weighted by Gasteiger charge is -2.14. The Bertz CT molecular complexity index is 463. The van der Waals surface area contributed by atoms with Crippen molar-refractivity contribution in [3.05, 3.63) is 28.8 Å². The first-order valence-corrected chi connectivity index (χ1v) is 5.88. The number of anilines is 1. The van der Waals surface area contributed by atoms with Gasteiger partial charge in [-0.05, 0) is 25.1 Å². The maximum Gasteiger partial charge on any atom is 0.253 e. The molecule has 1 rings (SSSR count). The number of hydrogen-bond donors (Lipinski definition) is 3. The highest BCUT2D eigenvalue weighted by Gasteiger charge is 2.15. The molecule has 0 fully saturated rings. The molecule has 5 nitrogen and oxygen atoms in total. The fourth-order valence-electron chi connectivity index (χ4n) is 1.58. The number of rotatable bonds is 5. The van der Waals surface area contributed by atoms with Crippen LogP contribution in [0.25, 0.3) is 0 Å². The van der Waals surface area contributed by atoms with E-state index in [1.807, 2.05) is 0 Å². The first-order valence-electron chi connectivity index (χ1n) is 5.50. The molecule has 0 saturated heterocycles. The molecule has 6 heteroatoms. The summed E-state index contributed by atoms with van der Waals surface area (Å²) < 4.78 is 0. The lowest BCUT2D eigenvalue weighted by atomic mass is 10.1. The standard InChI is InChI=1S/C12H16ClN3O2/c1-7(5-11(14)17)16-12(18)9-6-8(13)3-4-10(9)15-2/h3-4,6-7,15H,5H2,1-2H3,(H2,14,17)(H,16,18). The molecule has 0 bridgehead atoms. The zero-order valence-electron chi connectivity index (χ0n) is 10.3. The second kappa shape index (κ2) is 6.26. The smallest absolute Gasteiger partial charge is 0.253 e. The van der Waals surface area contributed by atoms with Gasteiger partial charge < -0.3 is 16.4 Å². The van der Waals surface area contributed by atoms with E-state index in [1.54, 1.807) is 32.2 Å². The largest absolute Gasteiger partial charge is 0.387 e. The summed E-state index contributed by atoms with van der Waals surface area (Å²) >= 11 is 5.86. The Morgan fingerprint density at radius 2 is 2.11 bits per heavy atom. The molecule has 1 atom stereocenters. The Morgan fingerprint density at radius 3 is 2.67 bits per heavy atom. The third-order valence-electron chi connectivity index (χ3n) is 2.38. The van der Waals surface area contributed by atoms with Gasteiger partial charge in [0.15, 0.2) is 0 Å². The van der Waals surface area contributed by atoms with Crippen LogP contribution in [-0.2, 0) is 4.79 Å². The highest BCUT2D eigenvalue weighted by Crippen LogP contribution is 2.20. The molecule has 1 unspecified atom stereocenters. The average molecular weight is 270 g/mol. The van der Waals surface area contributed by atoms with E-state index in [-0.39, 0.29) is 18.4 Å². The van der Waals surface area contributed by atoms with Crippen LogP contribution in [-0.4, -0.2) is 24.9 Å². The predicted molar refractivity (Wildman–Crippen MR) is 71.7 cm³/mol. The van der Waals surface area contributed by atoms with Gasteiger partial charge in [-0.15, -0.1) is 0 Å². The summed E-state index contributed by atoms with van der Waals surface area (Å²) in [4.78, 5) is 22.7. The quantitative estimate of drug-likeness (QED) is 0.755. The van der Waals surface area contributed by atoms with Crippen LogP contribution in [0.1, 0.15) is 23.7 Å². The number of carbonyl (C=O) groups excluding carboxylic acids is 2. The second-order valence-electron chi connectivity index (χ2n) is 3.98.